The molecule has 1 amide bonds. The number of carbonyl (C=O) groups is 1. The fourth-order valence-corrected chi connectivity index (χ4v) is 3.42. The molecule has 0 saturated carbocycles. The van der Waals surface area contributed by atoms with Crippen molar-refractivity contribution in [3.05, 3.63) is 23.9 Å². The van der Waals surface area contributed by atoms with Crippen LogP contribution in [0.15, 0.2) is 18.2 Å². The Morgan fingerprint density at radius 1 is 1.19 bits per heavy atom. The van der Waals surface area contributed by atoms with Gasteiger partial charge in [-0.05, 0) is 12.1 Å². The van der Waals surface area contributed by atoms with Crippen molar-refractivity contribution in [1.82, 2.24) is 9.88 Å². The number of amides is 1. The number of aromatic nitrogens is 1. The van der Waals surface area contributed by atoms with E-state index >= 15 is 0 Å². The SMILES string of the molecule is COc1cc(OC)c2[nH]c(C(=O)N3CCSCC3)cc2c1. The molecule has 1 saturated heterocycles. The van der Waals surface area contributed by atoms with Crippen molar-refractivity contribution >= 4 is 28.6 Å². The standard InChI is InChI=1S/C15H18N2O3S/c1-19-11-7-10-8-12(16-14(10)13(9-11)20-2)15(18)17-3-5-21-6-4-17/h7-9,16H,3-6H2,1-2H3. The summed E-state index contributed by atoms with van der Waals surface area (Å²) in [5.41, 5.74) is 1.43. The Morgan fingerprint density at radius 2 is 1.95 bits per heavy atom. The molecule has 1 aromatic heterocycles. The zero-order valence-corrected chi connectivity index (χ0v) is 13.0. The first-order valence-corrected chi connectivity index (χ1v) is 8.00. The number of fused-ring (bicyclic) bond motifs is 1. The van der Waals surface area contributed by atoms with Gasteiger partial charge in [0.15, 0.2) is 0 Å². The number of ether oxygens (including phenoxy) is 2. The highest BCUT2D eigenvalue weighted by Gasteiger charge is 2.21. The van der Waals surface area contributed by atoms with Crippen molar-refractivity contribution in [2.75, 3.05) is 38.8 Å². The normalized spacial score (nSPS) is 15.2. The number of nitrogens with zero attached hydrogens (tertiary/aromatic N) is 1. The Kier molecular flexibility index (Phi) is 3.96. The zero-order chi connectivity index (χ0) is 14.8. The van der Waals surface area contributed by atoms with Crippen LogP contribution in [-0.4, -0.2) is 54.6 Å². The van der Waals surface area contributed by atoms with Gasteiger partial charge in [0.1, 0.15) is 17.2 Å². The van der Waals surface area contributed by atoms with E-state index in [4.69, 9.17) is 9.47 Å². The number of nitrogens with one attached hydrogen (secondary N) is 1. The Labute approximate surface area is 127 Å². The molecule has 1 aliphatic rings. The topological polar surface area (TPSA) is 54.6 Å². The molecule has 6 heteroatoms. The summed E-state index contributed by atoms with van der Waals surface area (Å²) in [6.45, 7) is 1.61. The Morgan fingerprint density at radius 3 is 2.62 bits per heavy atom. The summed E-state index contributed by atoms with van der Waals surface area (Å²) in [5, 5.41) is 0.918. The smallest absolute Gasteiger partial charge is 0.270 e. The molecule has 0 radical (unpaired) electrons. The van der Waals surface area contributed by atoms with E-state index in [0.717, 1.165) is 35.5 Å². The molecule has 0 aliphatic carbocycles. The van der Waals surface area contributed by atoms with E-state index in [1.54, 1.807) is 14.2 Å². The van der Waals surface area contributed by atoms with Crippen LogP contribution < -0.4 is 9.47 Å². The molecule has 0 spiro atoms. The van der Waals surface area contributed by atoms with Crippen LogP contribution in [0, 0.1) is 0 Å². The van der Waals surface area contributed by atoms with Gasteiger partial charge in [0.05, 0.1) is 19.7 Å². The zero-order valence-electron chi connectivity index (χ0n) is 12.1. The van der Waals surface area contributed by atoms with E-state index in [9.17, 15) is 4.79 Å². The first-order chi connectivity index (χ1) is 10.2. The quantitative estimate of drug-likeness (QED) is 0.946. The van der Waals surface area contributed by atoms with E-state index < -0.39 is 0 Å². The minimum Gasteiger partial charge on any atom is -0.497 e. The second-order valence-corrected chi connectivity index (χ2v) is 6.11. The van der Waals surface area contributed by atoms with Crippen LogP contribution in [0.2, 0.25) is 0 Å². The van der Waals surface area contributed by atoms with E-state index in [1.807, 2.05) is 34.9 Å². The van der Waals surface area contributed by atoms with Crippen molar-refractivity contribution in [2.24, 2.45) is 0 Å². The van der Waals surface area contributed by atoms with Crippen molar-refractivity contribution in [2.45, 2.75) is 0 Å². The van der Waals surface area contributed by atoms with E-state index in [2.05, 4.69) is 4.98 Å². The summed E-state index contributed by atoms with van der Waals surface area (Å²) in [5.74, 6) is 3.45. The average molecular weight is 306 g/mol. The highest BCUT2D eigenvalue weighted by atomic mass is 32.2. The maximum absolute atomic E-state index is 12.5. The second kappa shape index (κ2) is 5.89. The number of aromatic amines is 1. The van der Waals surface area contributed by atoms with E-state index in [0.29, 0.717) is 17.2 Å². The fraction of sp³-hybridized carbons (Fsp3) is 0.400. The Hall–Kier alpha value is -1.82. The Bertz CT molecular complexity index is 662. The minimum atomic E-state index is 0.0486. The lowest BCUT2D eigenvalue weighted by molar-refractivity contribution is 0.0767. The molecular weight excluding hydrogens is 288 g/mol. The number of thioether (sulfide) groups is 1. The van der Waals surface area contributed by atoms with Gasteiger partial charge < -0.3 is 19.4 Å². The van der Waals surface area contributed by atoms with Gasteiger partial charge in [-0.1, -0.05) is 0 Å². The van der Waals surface area contributed by atoms with Crippen LogP contribution in [0.25, 0.3) is 10.9 Å². The number of carbonyl (C=O) groups excluding carboxylic acids is 1. The summed E-state index contributed by atoms with van der Waals surface area (Å²) in [4.78, 5) is 17.6. The van der Waals surface area contributed by atoms with Crippen molar-refractivity contribution in [3.8, 4) is 11.5 Å². The molecule has 0 bridgehead atoms. The molecule has 1 N–H and O–H groups in total. The number of benzene rings is 1. The molecule has 1 fully saturated rings. The largest absolute Gasteiger partial charge is 0.497 e. The molecular formula is C15H18N2O3S. The highest BCUT2D eigenvalue weighted by Crippen LogP contribution is 2.31. The summed E-state index contributed by atoms with van der Waals surface area (Å²) in [6.07, 6.45) is 0. The van der Waals surface area contributed by atoms with Crippen molar-refractivity contribution in [3.63, 3.8) is 0 Å². The lowest BCUT2D eigenvalue weighted by atomic mass is 10.2. The molecule has 112 valence electrons. The molecule has 2 heterocycles. The number of hydrogen-bond donors (Lipinski definition) is 1. The van der Waals surface area contributed by atoms with Crippen LogP contribution in [0.4, 0.5) is 0 Å². The lowest BCUT2D eigenvalue weighted by Crippen LogP contribution is -2.38. The molecule has 0 unspecified atom stereocenters. The third-order valence-electron chi connectivity index (χ3n) is 3.65. The van der Waals surface area contributed by atoms with Gasteiger partial charge in [0.25, 0.3) is 5.91 Å². The molecule has 0 atom stereocenters. The van der Waals surface area contributed by atoms with Gasteiger partial charge in [0, 0.05) is 36.0 Å². The van der Waals surface area contributed by atoms with Crippen LogP contribution in [0.3, 0.4) is 0 Å². The predicted molar refractivity (Wildman–Crippen MR) is 84.6 cm³/mol. The maximum atomic E-state index is 12.5. The molecule has 5 nitrogen and oxygen atoms in total. The fourth-order valence-electron chi connectivity index (χ4n) is 2.52. The third-order valence-corrected chi connectivity index (χ3v) is 4.59. The summed E-state index contributed by atoms with van der Waals surface area (Å²) < 4.78 is 10.6. The summed E-state index contributed by atoms with van der Waals surface area (Å²) in [7, 11) is 3.23. The van der Waals surface area contributed by atoms with Crippen LogP contribution in [-0.2, 0) is 0 Å². The maximum Gasteiger partial charge on any atom is 0.270 e. The first kappa shape index (κ1) is 14.1. The summed E-state index contributed by atoms with van der Waals surface area (Å²) >= 11 is 1.89. The third kappa shape index (κ3) is 2.68. The second-order valence-electron chi connectivity index (χ2n) is 4.88. The van der Waals surface area contributed by atoms with Crippen LogP contribution >= 0.6 is 11.8 Å². The van der Waals surface area contributed by atoms with Gasteiger partial charge in [-0.25, -0.2) is 0 Å². The number of hydrogen-bond acceptors (Lipinski definition) is 4. The van der Waals surface area contributed by atoms with Gasteiger partial charge in [-0.2, -0.15) is 11.8 Å². The number of rotatable bonds is 3. The first-order valence-electron chi connectivity index (χ1n) is 6.84. The monoisotopic (exact) mass is 306 g/mol. The Balaban J connectivity index is 1.98. The van der Waals surface area contributed by atoms with Gasteiger partial charge in [0.2, 0.25) is 0 Å². The number of H-pyrrole nitrogens is 1. The molecule has 1 aliphatic heterocycles. The average Bonchev–Trinajstić information content (AvgIpc) is 2.97. The lowest BCUT2D eigenvalue weighted by Gasteiger charge is -2.25. The van der Waals surface area contributed by atoms with Crippen molar-refractivity contribution in [1.29, 1.82) is 0 Å². The van der Waals surface area contributed by atoms with E-state index in [1.165, 1.54) is 0 Å². The van der Waals surface area contributed by atoms with Crippen LogP contribution in [0.5, 0.6) is 11.5 Å². The molecule has 2 aromatic rings. The van der Waals surface area contributed by atoms with Gasteiger partial charge in [-0.3, -0.25) is 4.79 Å². The highest BCUT2D eigenvalue weighted by molar-refractivity contribution is 7.99. The van der Waals surface area contributed by atoms with Gasteiger partial charge >= 0.3 is 0 Å². The molecule has 1 aromatic carbocycles. The molecule has 3 rings (SSSR count). The summed E-state index contributed by atoms with van der Waals surface area (Å²) in [6, 6.07) is 5.58. The minimum absolute atomic E-state index is 0.0486. The van der Waals surface area contributed by atoms with Gasteiger partial charge in [-0.15, -0.1) is 0 Å². The van der Waals surface area contributed by atoms with Crippen LogP contribution in [0.1, 0.15) is 10.5 Å². The predicted octanol–water partition coefficient (Wildman–Crippen LogP) is 2.37. The van der Waals surface area contributed by atoms with E-state index in [-0.39, 0.29) is 5.91 Å². The van der Waals surface area contributed by atoms with Crippen molar-refractivity contribution < 1.29 is 14.3 Å². The number of methoxy groups -OCH3 is 2. The molecule has 21 heavy (non-hydrogen) atoms.